The molecule has 1 N–H and O–H groups in total. The van der Waals surface area contributed by atoms with Gasteiger partial charge in [-0.25, -0.2) is 9.78 Å². The van der Waals surface area contributed by atoms with Gasteiger partial charge in [0.2, 0.25) is 5.91 Å². The fourth-order valence-corrected chi connectivity index (χ4v) is 1.77. The van der Waals surface area contributed by atoms with Crippen molar-refractivity contribution in [2.24, 2.45) is 0 Å². The zero-order valence-corrected chi connectivity index (χ0v) is 8.88. The number of carbonyl (C=O) groups excluding carboxylic acids is 1. The van der Waals surface area contributed by atoms with Crippen LogP contribution in [0.25, 0.3) is 0 Å². The molecule has 14 heavy (non-hydrogen) atoms. The second kappa shape index (κ2) is 3.75. The first kappa shape index (κ1) is 10.6. The second-order valence-electron chi connectivity index (χ2n) is 2.79. The van der Waals surface area contributed by atoms with Gasteiger partial charge in [0, 0.05) is 14.0 Å². The Labute approximate surface area is 85.0 Å². The zero-order valence-electron chi connectivity index (χ0n) is 8.07. The molecule has 0 bridgehead atoms. The molecular weight excluding hydrogens is 204 g/mol. The van der Waals surface area contributed by atoms with Gasteiger partial charge in [-0.05, 0) is 6.92 Å². The van der Waals surface area contributed by atoms with Crippen LogP contribution < -0.4 is 4.90 Å². The molecule has 0 unspecified atom stereocenters. The van der Waals surface area contributed by atoms with Crippen LogP contribution in [0, 0.1) is 6.92 Å². The molecule has 0 radical (unpaired) electrons. The van der Waals surface area contributed by atoms with Gasteiger partial charge in [-0.15, -0.1) is 0 Å². The summed E-state index contributed by atoms with van der Waals surface area (Å²) in [6.07, 6.45) is 0. The first-order chi connectivity index (χ1) is 6.43. The zero-order chi connectivity index (χ0) is 10.9. The number of carboxylic acids is 1. The van der Waals surface area contributed by atoms with Crippen LogP contribution in [-0.2, 0) is 4.79 Å². The fourth-order valence-electron chi connectivity index (χ4n) is 0.859. The molecule has 5 nitrogen and oxygen atoms in total. The molecule has 1 aromatic rings. The van der Waals surface area contributed by atoms with Crippen LogP contribution in [-0.4, -0.2) is 29.0 Å². The van der Waals surface area contributed by atoms with E-state index in [0.29, 0.717) is 10.8 Å². The predicted molar refractivity (Wildman–Crippen MR) is 52.9 cm³/mol. The van der Waals surface area contributed by atoms with Crippen molar-refractivity contribution in [3.63, 3.8) is 0 Å². The van der Waals surface area contributed by atoms with Crippen molar-refractivity contribution in [3.05, 3.63) is 10.6 Å². The van der Waals surface area contributed by atoms with Crippen LogP contribution >= 0.6 is 11.3 Å². The minimum Gasteiger partial charge on any atom is -0.477 e. The Hall–Kier alpha value is -1.43. The first-order valence-corrected chi connectivity index (χ1v) is 4.70. The molecule has 1 amide bonds. The number of rotatable bonds is 2. The van der Waals surface area contributed by atoms with E-state index in [1.54, 1.807) is 14.0 Å². The number of hydrogen-bond donors (Lipinski definition) is 1. The molecule has 0 aliphatic rings. The third kappa shape index (κ3) is 1.90. The van der Waals surface area contributed by atoms with Gasteiger partial charge in [-0.3, -0.25) is 9.69 Å². The van der Waals surface area contributed by atoms with Crippen molar-refractivity contribution in [2.45, 2.75) is 13.8 Å². The molecule has 0 aromatic carbocycles. The highest BCUT2D eigenvalue weighted by Crippen LogP contribution is 2.25. The van der Waals surface area contributed by atoms with Crippen molar-refractivity contribution in [3.8, 4) is 0 Å². The van der Waals surface area contributed by atoms with E-state index in [0.717, 1.165) is 11.3 Å². The van der Waals surface area contributed by atoms with Gasteiger partial charge in [-0.1, -0.05) is 11.3 Å². The summed E-state index contributed by atoms with van der Waals surface area (Å²) in [6.45, 7) is 3.01. The van der Waals surface area contributed by atoms with Gasteiger partial charge < -0.3 is 5.11 Å². The van der Waals surface area contributed by atoms with Crippen molar-refractivity contribution in [2.75, 3.05) is 11.9 Å². The summed E-state index contributed by atoms with van der Waals surface area (Å²) in [5.74, 6) is -1.18. The molecule has 0 fully saturated rings. The van der Waals surface area contributed by atoms with Gasteiger partial charge in [0.1, 0.15) is 4.88 Å². The van der Waals surface area contributed by atoms with E-state index < -0.39 is 5.97 Å². The van der Waals surface area contributed by atoms with Crippen molar-refractivity contribution in [1.82, 2.24) is 4.98 Å². The molecule has 0 spiro atoms. The molecule has 1 aromatic heterocycles. The summed E-state index contributed by atoms with van der Waals surface area (Å²) in [4.78, 5) is 27.2. The lowest BCUT2D eigenvalue weighted by molar-refractivity contribution is -0.116. The van der Waals surface area contributed by atoms with Crippen LogP contribution in [0.4, 0.5) is 5.13 Å². The largest absolute Gasteiger partial charge is 0.477 e. The summed E-state index contributed by atoms with van der Waals surface area (Å²) in [6, 6.07) is 0. The van der Waals surface area contributed by atoms with Crippen LogP contribution in [0.3, 0.4) is 0 Å². The maximum absolute atomic E-state index is 11.0. The van der Waals surface area contributed by atoms with E-state index in [1.165, 1.54) is 11.8 Å². The van der Waals surface area contributed by atoms with Crippen molar-refractivity contribution >= 4 is 28.3 Å². The highest BCUT2D eigenvalue weighted by molar-refractivity contribution is 7.17. The Bertz CT molecular complexity index is 386. The van der Waals surface area contributed by atoms with E-state index in [-0.39, 0.29) is 10.8 Å². The second-order valence-corrected chi connectivity index (χ2v) is 3.77. The Morgan fingerprint density at radius 2 is 2.07 bits per heavy atom. The lowest BCUT2D eigenvalue weighted by atomic mass is 10.4. The normalized spacial score (nSPS) is 9.93. The number of aromatic nitrogens is 1. The summed E-state index contributed by atoms with van der Waals surface area (Å²) in [7, 11) is 1.56. The summed E-state index contributed by atoms with van der Waals surface area (Å²) < 4.78 is 0. The van der Waals surface area contributed by atoms with Crippen molar-refractivity contribution < 1.29 is 14.7 Å². The lowest BCUT2D eigenvalue weighted by Crippen LogP contribution is -2.22. The fraction of sp³-hybridized carbons (Fsp3) is 0.375. The Balaban J connectivity index is 3.08. The highest BCUT2D eigenvalue weighted by atomic mass is 32.1. The number of carboxylic acid groups (broad SMARTS) is 1. The minimum atomic E-state index is -1.01. The van der Waals surface area contributed by atoms with Crippen molar-refractivity contribution in [1.29, 1.82) is 0 Å². The average Bonchev–Trinajstić information content (AvgIpc) is 2.45. The number of thiazole rings is 1. The molecule has 1 rings (SSSR count). The number of hydrogen-bond acceptors (Lipinski definition) is 4. The van der Waals surface area contributed by atoms with Gasteiger partial charge in [0.25, 0.3) is 0 Å². The Morgan fingerprint density at radius 1 is 1.50 bits per heavy atom. The third-order valence-electron chi connectivity index (χ3n) is 1.74. The molecule has 1 heterocycles. The molecule has 0 saturated carbocycles. The summed E-state index contributed by atoms with van der Waals surface area (Å²) >= 11 is 0.998. The topological polar surface area (TPSA) is 70.5 Å². The monoisotopic (exact) mass is 214 g/mol. The van der Waals surface area contributed by atoms with Gasteiger partial charge in [-0.2, -0.15) is 0 Å². The predicted octanol–water partition coefficient (Wildman–Crippen LogP) is 1.13. The van der Waals surface area contributed by atoms with Gasteiger partial charge in [0.05, 0.1) is 5.69 Å². The molecule has 0 atom stereocenters. The van der Waals surface area contributed by atoms with Gasteiger partial charge in [0.15, 0.2) is 5.13 Å². The third-order valence-corrected chi connectivity index (χ3v) is 2.96. The maximum Gasteiger partial charge on any atom is 0.347 e. The lowest BCUT2D eigenvalue weighted by Gasteiger charge is -2.09. The quantitative estimate of drug-likeness (QED) is 0.801. The minimum absolute atomic E-state index is 0.171. The summed E-state index contributed by atoms with van der Waals surface area (Å²) in [5, 5.41) is 9.18. The van der Waals surface area contributed by atoms with E-state index >= 15 is 0 Å². The molecule has 0 saturated heterocycles. The molecule has 0 aliphatic carbocycles. The Kier molecular flexibility index (Phi) is 2.85. The number of aromatic carboxylic acids is 1. The van der Waals surface area contributed by atoms with Crippen LogP contribution in [0.15, 0.2) is 0 Å². The average molecular weight is 214 g/mol. The van der Waals surface area contributed by atoms with Crippen LogP contribution in [0.1, 0.15) is 22.3 Å². The van der Waals surface area contributed by atoms with Gasteiger partial charge >= 0.3 is 5.97 Å². The van der Waals surface area contributed by atoms with Crippen LogP contribution in [0.2, 0.25) is 0 Å². The summed E-state index contributed by atoms with van der Waals surface area (Å²) in [5.41, 5.74) is 0.436. The van der Waals surface area contributed by atoms with E-state index in [9.17, 15) is 9.59 Å². The Morgan fingerprint density at radius 3 is 2.43 bits per heavy atom. The SMILES string of the molecule is CC(=O)N(C)c1nc(C)c(C(=O)O)s1. The molecule has 0 aliphatic heterocycles. The maximum atomic E-state index is 11.0. The smallest absolute Gasteiger partial charge is 0.347 e. The number of carbonyl (C=O) groups is 2. The van der Waals surface area contributed by atoms with E-state index in [2.05, 4.69) is 4.98 Å². The van der Waals surface area contributed by atoms with E-state index in [4.69, 9.17) is 5.11 Å². The first-order valence-electron chi connectivity index (χ1n) is 3.88. The molecule has 6 heteroatoms. The highest BCUT2D eigenvalue weighted by Gasteiger charge is 2.17. The van der Waals surface area contributed by atoms with Crippen LogP contribution in [0.5, 0.6) is 0 Å². The number of aryl methyl sites for hydroxylation is 1. The number of amides is 1. The number of anilines is 1. The molecular formula is C8H10N2O3S. The van der Waals surface area contributed by atoms with E-state index in [1.807, 2.05) is 0 Å². The molecule has 76 valence electrons. The standard InChI is InChI=1S/C8H10N2O3S/c1-4-6(7(12)13)14-8(9-4)10(3)5(2)11/h1-3H3,(H,12,13). The number of nitrogens with zero attached hydrogens (tertiary/aromatic N) is 2.